The van der Waals surface area contributed by atoms with Gasteiger partial charge in [-0.25, -0.2) is 0 Å². The van der Waals surface area contributed by atoms with Crippen molar-refractivity contribution in [2.45, 2.75) is 51.2 Å². The van der Waals surface area contributed by atoms with Gasteiger partial charge in [-0.05, 0) is 44.9 Å². The van der Waals surface area contributed by atoms with Crippen LogP contribution < -0.4 is 0 Å². The van der Waals surface area contributed by atoms with Crippen molar-refractivity contribution >= 4 is 17.7 Å². The molecule has 1 aromatic carbocycles. The molecule has 39 heavy (non-hydrogen) atoms. The molecule has 4 rings (SSSR count). The van der Waals surface area contributed by atoms with Crippen molar-refractivity contribution in [2.24, 2.45) is 11.8 Å². The molecule has 1 saturated heterocycles. The SMILES string of the molecule is Cc1cccc(C(=O)N2CCN(CCCCC3=CC(=O)N(C4(C#N)CC=CC(C(F)(F)F)C4C)C3=O)CC2)c1. The van der Waals surface area contributed by atoms with Crippen LogP contribution in [0.2, 0.25) is 0 Å². The standard InChI is InChI=1S/C29H33F3N4O3/c1-20-7-5-9-22(17-20)26(38)35-15-13-34(14-16-35)12-4-3-8-23-18-25(37)36(27(23)39)28(19-33)11-6-10-24(21(28)2)29(30,31)32/h5-7,9-10,17-18,21,24H,3-4,8,11-16H2,1-2H3. The number of rotatable bonds is 7. The van der Waals surface area contributed by atoms with Crippen molar-refractivity contribution in [3.05, 3.63) is 59.2 Å². The van der Waals surface area contributed by atoms with Gasteiger partial charge in [0, 0.05) is 55.7 Å². The summed E-state index contributed by atoms with van der Waals surface area (Å²) in [7, 11) is 0. The molecule has 1 fully saturated rings. The summed E-state index contributed by atoms with van der Waals surface area (Å²) in [6.45, 7) is 6.73. The molecule has 10 heteroatoms. The van der Waals surface area contributed by atoms with Crippen LogP contribution >= 0.6 is 0 Å². The van der Waals surface area contributed by atoms with Gasteiger partial charge in [0.15, 0.2) is 0 Å². The predicted octanol–water partition coefficient (Wildman–Crippen LogP) is 4.26. The van der Waals surface area contributed by atoms with Crippen molar-refractivity contribution in [3.8, 4) is 6.07 Å². The molecule has 1 aromatic rings. The topological polar surface area (TPSA) is 84.7 Å². The molecule has 7 nitrogen and oxygen atoms in total. The van der Waals surface area contributed by atoms with Crippen LogP contribution in [0.5, 0.6) is 0 Å². The second kappa shape index (κ2) is 11.3. The number of allylic oxidation sites excluding steroid dienone is 1. The van der Waals surface area contributed by atoms with Gasteiger partial charge in [0.1, 0.15) is 5.54 Å². The number of halogens is 3. The molecule has 2 heterocycles. The molecule has 0 aromatic heterocycles. The summed E-state index contributed by atoms with van der Waals surface area (Å²) < 4.78 is 40.7. The number of aryl methyl sites for hydroxylation is 1. The number of carbonyl (C=O) groups excluding carboxylic acids is 3. The Morgan fingerprint density at radius 3 is 2.51 bits per heavy atom. The van der Waals surface area contributed by atoms with Gasteiger partial charge in [-0.15, -0.1) is 0 Å². The fourth-order valence-electron chi connectivity index (χ4n) is 5.79. The summed E-state index contributed by atoms with van der Waals surface area (Å²) in [5.41, 5.74) is 0.0797. The lowest BCUT2D eigenvalue weighted by Crippen LogP contribution is -2.59. The molecule has 2 aliphatic heterocycles. The first kappa shape index (κ1) is 28.6. The largest absolute Gasteiger partial charge is 0.395 e. The van der Waals surface area contributed by atoms with E-state index in [-0.39, 0.29) is 17.9 Å². The van der Waals surface area contributed by atoms with Gasteiger partial charge in [0.2, 0.25) is 0 Å². The Morgan fingerprint density at radius 1 is 1.15 bits per heavy atom. The number of benzene rings is 1. The Balaban J connectivity index is 1.27. The molecule has 3 aliphatic rings. The number of unbranched alkanes of at least 4 members (excludes halogenated alkanes) is 1. The van der Waals surface area contributed by atoms with Crippen molar-refractivity contribution in [3.63, 3.8) is 0 Å². The maximum absolute atomic E-state index is 13.6. The van der Waals surface area contributed by atoms with Crippen LogP contribution in [0.1, 0.15) is 48.5 Å². The lowest BCUT2D eigenvalue weighted by Gasteiger charge is -2.44. The molecule has 0 saturated carbocycles. The average molecular weight is 543 g/mol. The highest BCUT2D eigenvalue weighted by Crippen LogP contribution is 2.46. The van der Waals surface area contributed by atoms with Crippen LogP contribution in [0.4, 0.5) is 13.2 Å². The molecule has 3 atom stereocenters. The van der Waals surface area contributed by atoms with Gasteiger partial charge >= 0.3 is 6.18 Å². The van der Waals surface area contributed by atoms with E-state index in [1.165, 1.54) is 19.1 Å². The fraction of sp³-hybridized carbons (Fsp3) is 0.517. The van der Waals surface area contributed by atoms with E-state index in [9.17, 15) is 32.8 Å². The molecule has 3 amide bonds. The van der Waals surface area contributed by atoms with Gasteiger partial charge < -0.3 is 4.90 Å². The minimum Gasteiger partial charge on any atom is -0.336 e. The highest BCUT2D eigenvalue weighted by atomic mass is 19.4. The van der Waals surface area contributed by atoms with Gasteiger partial charge in [-0.2, -0.15) is 18.4 Å². The lowest BCUT2D eigenvalue weighted by molar-refractivity contribution is -0.186. The molecule has 3 unspecified atom stereocenters. The van der Waals surface area contributed by atoms with E-state index in [2.05, 4.69) is 4.90 Å². The zero-order valence-corrected chi connectivity index (χ0v) is 22.2. The highest BCUT2D eigenvalue weighted by Gasteiger charge is 2.57. The molecule has 0 radical (unpaired) electrons. The lowest BCUT2D eigenvalue weighted by atomic mass is 9.70. The van der Waals surface area contributed by atoms with E-state index >= 15 is 0 Å². The summed E-state index contributed by atoms with van der Waals surface area (Å²) in [4.78, 5) is 43.5. The smallest absolute Gasteiger partial charge is 0.336 e. The van der Waals surface area contributed by atoms with E-state index in [0.29, 0.717) is 31.5 Å². The van der Waals surface area contributed by atoms with Crippen LogP contribution in [0.15, 0.2) is 48.1 Å². The molecular weight excluding hydrogens is 509 g/mol. The van der Waals surface area contributed by atoms with E-state index in [0.717, 1.165) is 42.6 Å². The summed E-state index contributed by atoms with van der Waals surface area (Å²) >= 11 is 0. The Bertz CT molecular complexity index is 1230. The summed E-state index contributed by atoms with van der Waals surface area (Å²) in [5.74, 6) is -4.58. The number of nitriles is 1. The molecule has 0 bridgehead atoms. The number of amides is 3. The monoisotopic (exact) mass is 542 g/mol. The van der Waals surface area contributed by atoms with Crippen molar-refractivity contribution < 1.29 is 27.6 Å². The Morgan fingerprint density at radius 2 is 1.87 bits per heavy atom. The highest BCUT2D eigenvalue weighted by molar-refractivity contribution is 6.17. The fourth-order valence-corrected chi connectivity index (χ4v) is 5.79. The Hall–Kier alpha value is -3.45. The zero-order chi connectivity index (χ0) is 28.4. The van der Waals surface area contributed by atoms with Gasteiger partial charge in [0.05, 0.1) is 12.0 Å². The number of imide groups is 1. The molecule has 1 aliphatic carbocycles. The second-order valence-electron chi connectivity index (χ2n) is 10.6. The number of hydrogen-bond acceptors (Lipinski definition) is 5. The maximum atomic E-state index is 13.6. The van der Waals surface area contributed by atoms with Crippen molar-refractivity contribution in [2.75, 3.05) is 32.7 Å². The van der Waals surface area contributed by atoms with Crippen LogP contribution in [0.3, 0.4) is 0 Å². The van der Waals surface area contributed by atoms with Gasteiger partial charge in [-0.3, -0.25) is 24.2 Å². The van der Waals surface area contributed by atoms with Crippen molar-refractivity contribution in [1.82, 2.24) is 14.7 Å². The first-order chi connectivity index (χ1) is 18.5. The molecular formula is C29H33F3N4O3. The summed E-state index contributed by atoms with van der Waals surface area (Å²) in [5, 5.41) is 9.92. The Labute approximate surface area is 226 Å². The van der Waals surface area contributed by atoms with Crippen molar-refractivity contribution in [1.29, 1.82) is 5.26 Å². The number of alkyl halides is 3. The quantitative estimate of drug-likeness (QED) is 0.292. The molecule has 208 valence electrons. The first-order valence-electron chi connectivity index (χ1n) is 13.3. The van der Waals surface area contributed by atoms with E-state index in [1.807, 2.05) is 42.2 Å². The number of hydrogen-bond donors (Lipinski definition) is 0. The van der Waals surface area contributed by atoms with Crippen LogP contribution in [-0.4, -0.2) is 76.9 Å². The third kappa shape index (κ3) is 5.78. The molecule has 0 N–H and O–H groups in total. The van der Waals surface area contributed by atoms with E-state index in [1.54, 1.807) is 0 Å². The van der Waals surface area contributed by atoms with Crippen LogP contribution in [-0.2, 0) is 9.59 Å². The minimum absolute atomic E-state index is 0.0266. The average Bonchev–Trinajstić information content (AvgIpc) is 3.19. The third-order valence-corrected chi connectivity index (χ3v) is 8.13. The number of nitrogens with zero attached hydrogens (tertiary/aromatic N) is 4. The first-order valence-corrected chi connectivity index (χ1v) is 13.3. The van der Waals surface area contributed by atoms with Gasteiger partial charge in [0.25, 0.3) is 17.7 Å². The minimum atomic E-state index is -4.58. The normalized spacial score (nSPS) is 26.1. The van der Waals surface area contributed by atoms with Crippen LogP contribution in [0, 0.1) is 30.1 Å². The molecule has 0 spiro atoms. The zero-order valence-electron chi connectivity index (χ0n) is 22.2. The number of carbonyl (C=O) groups is 3. The third-order valence-electron chi connectivity index (χ3n) is 8.13. The van der Waals surface area contributed by atoms with E-state index < -0.39 is 35.4 Å². The predicted molar refractivity (Wildman–Crippen MR) is 138 cm³/mol. The number of piperazine rings is 1. The van der Waals surface area contributed by atoms with Gasteiger partial charge in [-0.1, -0.05) is 36.8 Å². The van der Waals surface area contributed by atoms with E-state index in [4.69, 9.17) is 0 Å². The maximum Gasteiger partial charge on any atom is 0.395 e. The second-order valence-corrected chi connectivity index (χ2v) is 10.6. The Kier molecular flexibility index (Phi) is 8.31. The summed E-state index contributed by atoms with van der Waals surface area (Å²) in [6, 6.07) is 9.44. The summed E-state index contributed by atoms with van der Waals surface area (Å²) in [6.07, 6.45) is 0.386. The van der Waals surface area contributed by atoms with Crippen LogP contribution in [0.25, 0.3) is 0 Å².